The Kier molecular flexibility index (Phi) is 5.53. The largest absolute Gasteiger partial charge is 0.466 e. The van der Waals surface area contributed by atoms with Crippen molar-refractivity contribution in [1.29, 1.82) is 5.41 Å². The van der Waals surface area contributed by atoms with E-state index in [-0.39, 0.29) is 18.7 Å². The molecule has 0 bridgehead atoms. The molecule has 0 aromatic heterocycles. The predicted octanol–water partition coefficient (Wildman–Crippen LogP) is 1.80. The van der Waals surface area contributed by atoms with Crippen LogP contribution in [0.25, 0.3) is 0 Å². The summed E-state index contributed by atoms with van der Waals surface area (Å²) in [6, 6.07) is 8.65. The summed E-state index contributed by atoms with van der Waals surface area (Å²) in [7, 11) is 0. The first-order valence-electron chi connectivity index (χ1n) is 5.78. The van der Waals surface area contributed by atoms with Crippen molar-refractivity contribution < 1.29 is 19.1 Å². The third kappa shape index (κ3) is 4.79. The Hall–Kier alpha value is -2.37. The van der Waals surface area contributed by atoms with E-state index in [0.29, 0.717) is 5.56 Å². The Morgan fingerprint density at radius 1 is 1.32 bits per heavy atom. The average Bonchev–Trinajstić information content (AvgIpc) is 2.37. The number of hydrogen-bond acceptors (Lipinski definition) is 5. The van der Waals surface area contributed by atoms with Gasteiger partial charge in [0.2, 0.25) is 0 Å². The van der Waals surface area contributed by atoms with Crippen molar-refractivity contribution in [3.63, 3.8) is 0 Å². The molecule has 6 nitrogen and oxygen atoms in total. The van der Waals surface area contributed by atoms with Crippen LogP contribution in [0.5, 0.6) is 0 Å². The van der Waals surface area contributed by atoms with Gasteiger partial charge in [0.15, 0.2) is 6.10 Å². The number of nitrogens with one attached hydrogen (secondary N) is 1. The van der Waals surface area contributed by atoms with Crippen LogP contribution in [0.1, 0.15) is 25.0 Å². The Morgan fingerprint density at radius 2 is 1.95 bits per heavy atom. The minimum atomic E-state index is -0.998. The summed E-state index contributed by atoms with van der Waals surface area (Å²) in [6.07, 6.45) is -2.22. The molecule has 0 aliphatic heterocycles. The van der Waals surface area contributed by atoms with Gasteiger partial charge in [-0.3, -0.25) is 4.79 Å². The molecule has 1 aromatic rings. The summed E-state index contributed by atoms with van der Waals surface area (Å²) in [6.45, 7) is 1.91. The Morgan fingerprint density at radius 3 is 2.47 bits per heavy atom. The summed E-state index contributed by atoms with van der Waals surface area (Å²) in [5.41, 5.74) is 5.48. The number of hydrogen-bond donors (Lipinski definition) is 2. The van der Waals surface area contributed by atoms with Crippen LogP contribution in [0.3, 0.4) is 0 Å². The van der Waals surface area contributed by atoms with E-state index in [0.717, 1.165) is 0 Å². The van der Waals surface area contributed by atoms with Gasteiger partial charge >= 0.3 is 12.1 Å². The molecule has 0 fully saturated rings. The number of carbonyl (C=O) groups is 2. The molecule has 1 unspecified atom stereocenters. The van der Waals surface area contributed by atoms with E-state index in [2.05, 4.69) is 0 Å². The number of carbonyl (C=O) groups excluding carboxylic acids is 2. The molecule has 3 N–H and O–H groups in total. The van der Waals surface area contributed by atoms with Gasteiger partial charge in [-0.1, -0.05) is 30.3 Å². The highest BCUT2D eigenvalue weighted by atomic mass is 16.6. The van der Waals surface area contributed by atoms with Gasteiger partial charge in [-0.05, 0) is 12.5 Å². The molecular formula is C13H16N2O4. The van der Waals surface area contributed by atoms with E-state index in [1.807, 2.05) is 0 Å². The second-order valence-corrected chi connectivity index (χ2v) is 3.73. The van der Waals surface area contributed by atoms with E-state index in [9.17, 15) is 9.59 Å². The highest BCUT2D eigenvalue weighted by Gasteiger charge is 2.23. The molecule has 6 heteroatoms. The Balaban J connectivity index is 2.83. The van der Waals surface area contributed by atoms with Crippen LogP contribution in [0.15, 0.2) is 30.3 Å². The van der Waals surface area contributed by atoms with Gasteiger partial charge in [0.1, 0.15) is 0 Å². The van der Waals surface area contributed by atoms with Gasteiger partial charge in [0.25, 0.3) is 0 Å². The maximum absolute atomic E-state index is 11.3. The van der Waals surface area contributed by atoms with Crippen LogP contribution in [-0.4, -0.2) is 24.4 Å². The quantitative estimate of drug-likeness (QED) is 0.604. The first-order valence-corrected chi connectivity index (χ1v) is 5.78. The molecule has 0 heterocycles. The van der Waals surface area contributed by atoms with Crippen molar-refractivity contribution in [2.45, 2.75) is 19.4 Å². The average molecular weight is 264 g/mol. The third-order valence-corrected chi connectivity index (χ3v) is 2.29. The predicted molar refractivity (Wildman–Crippen MR) is 68.8 cm³/mol. The molecule has 102 valence electrons. The van der Waals surface area contributed by atoms with Crippen molar-refractivity contribution in [3.05, 3.63) is 35.9 Å². The van der Waals surface area contributed by atoms with Crippen molar-refractivity contribution in [2.24, 2.45) is 5.73 Å². The zero-order valence-corrected chi connectivity index (χ0v) is 10.6. The van der Waals surface area contributed by atoms with Crippen molar-refractivity contribution >= 4 is 17.8 Å². The molecule has 0 saturated carbocycles. The molecule has 0 radical (unpaired) electrons. The van der Waals surface area contributed by atoms with E-state index in [1.165, 1.54) is 0 Å². The number of nitrogens with two attached hydrogens (primary N) is 1. The van der Waals surface area contributed by atoms with Gasteiger partial charge in [-0.15, -0.1) is 0 Å². The molecule has 0 saturated heterocycles. The van der Waals surface area contributed by atoms with Crippen LogP contribution in [-0.2, 0) is 14.3 Å². The topological polar surface area (TPSA) is 102 Å². The second-order valence-electron chi connectivity index (χ2n) is 3.73. The molecule has 1 rings (SSSR count). The van der Waals surface area contributed by atoms with Gasteiger partial charge in [0.05, 0.1) is 18.7 Å². The van der Waals surface area contributed by atoms with Crippen LogP contribution in [0.4, 0.5) is 4.79 Å². The Labute approximate surface area is 111 Å². The zero-order valence-electron chi connectivity index (χ0n) is 10.6. The van der Waals surface area contributed by atoms with Crippen LogP contribution < -0.4 is 5.73 Å². The highest BCUT2D eigenvalue weighted by molar-refractivity contribution is 6.00. The van der Waals surface area contributed by atoms with E-state index < -0.39 is 18.2 Å². The van der Waals surface area contributed by atoms with Crippen LogP contribution >= 0.6 is 0 Å². The fourth-order valence-corrected chi connectivity index (χ4v) is 1.54. The molecule has 1 aromatic carbocycles. The first-order chi connectivity index (χ1) is 9.04. The standard InChI is InChI=1S/C13H16N2O4/c1-2-18-11(16)8-10(14)12(19-13(15)17)9-6-4-3-5-7-9/h3-7,12,14H,2,8H2,1H3,(H2,15,17). The number of rotatable bonds is 6. The molecule has 0 spiro atoms. The minimum absolute atomic E-state index is 0.0801. The fourth-order valence-electron chi connectivity index (χ4n) is 1.54. The number of esters is 1. The SMILES string of the molecule is CCOC(=O)CC(=N)C(OC(N)=O)c1ccccc1. The molecule has 0 aliphatic rings. The maximum Gasteiger partial charge on any atom is 0.405 e. The summed E-state index contributed by atoms with van der Waals surface area (Å²) in [5.74, 6) is -0.540. The summed E-state index contributed by atoms with van der Waals surface area (Å²) >= 11 is 0. The number of primary amides is 1. The van der Waals surface area contributed by atoms with Crippen LogP contribution in [0, 0.1) is 5.41 Å². The molecule has 1 atom stereocenters. The number of benzene rings is 1. The lowest BCUT2D eigenvalue weighted by molar-refractivity contribution is -0.141. The lowest BCUT2D eigenvalue weighted by atomic mass is 10.0. The lowest BCUT2D eigenvalue weighted by Crippen LogP contribution is -2.25. The maximum atomic E-state index is 11.3. The molecular weight excluding hydrogens is 248 g/mol. The van der Waals surface area contributed by atoms with Crippen LogP contribution in [0.2, 0.25) is 0 Å². The number of amides is 1. The summed E-state index contributed by atoms with van der Waals surface area (Å²) < 4.78 is 9.64. The monoisotopic (exact) mass is 264 g/mol. The van der Waals surface area contributed by atoms with Gasteiger partial charge < -0.3 is 20.6 Å². The lowest BCUT2D eigenvalue weighted by Gasteiger charge is -2.17. The fraction of sp³-hybridized carbons (Fsp3) is 0.308. The van der Waals surface area contributed by atoms with E-state index in [1.54, 1.807) is 37.3 Å². The van der Waals surface area contributed by atoms with Gasteiger partial charge in [0, 0.05) is 0 Å². The smallest absolute Gasteiger partial charge is 0.405 e. The van der Waals surface area contributed by atoms with Crippen molar-refractivity contribution in [2.75, 3.05) is 6.61 Å². The van der Waals surface area contributed by atoms with E-state index >= 15 is 0 Å². The normalized spacial score (nSPS) is 11.4. The molecule has 0 aliphatic carbocycles. The number of ether oxygens (including phenoxy) is 2. The summed E-state index contributed by atoms with van der Waals surface area (Å²) in [4.78, 5) is 22.2. The second kappa shape index (κ2) is 7.15. The third-order valence-electron chi connectivity index (χ3n) is 2.29. The van der Waals surface area contributed by atoms with Gasteiger partial charge in [-0.2, -0.15) is 0 Å². The zero-order chi connectivity index (χ0) is 14.3. The molecule has 19 heavy (non-hydrogen) atoms. The molecule has 1 amide bonds. The highest BCUT2D eigenvalue weighted by Crippen LogP contribution is 2.20. The Bertz CT molecular complexity index is 459. The van der Waals surface area contributed by atoms with Crippen molar-refractivity contribution in [1.82, 2.24) is 0 Å². The van der Waals surface area contributed by atoms with Gasteiger partial charge in [-0.25, -0.2) is 4.79 Å². The first kappa shape index (κ1) is 14.7. The van der Waals surface area contributed by atoms with E-state index in [4.69, 9.17) is 20.6 Å². The minimum Gasteiger partial charge on any atom is -0.466 e. The summed E-state index contributed by atoms with van der Waals surface area (Å²) in [5, 5.41) is 7.85. The van der Waals surface area contributed by atoms with Crippen molar-refractivity contribution in [3.8, 4) is 0 Å².